The van der Waals surface area contributed by atoms with E-state index in [2.05, 4.69) is 10.0 Å². The zero-order valence-electron chi connectivity index (χ0n) is 13.5. The van der Waals surface area contributed by atoms with Crippen molar-refractivity contribution < 1.29 is 13.2 Å². The monoisotopic (exact) mass is 366 g/mol. The molecule has 7 heteroatoms. The molecule has 2 aromatic rings. The Labute approximate surface area is 147 Å². The van der Waals surface area contributed by atoms with Crippen LogP contribution in [0.15, 0.2) is 42.5 Å². The van der Waals surface area contributed by atoms with Crippen molar-refractivity contribution in [1.82, 2.24) is 5.32 Å². The lowest BCUT2D eigenvalue weighted by Crippen LogP contribution is -2.26. The maximum absolute atomic E-state index is 12.3. The topological polar surface area (TPSA) is 75.3 Å². The number of carbonyl (C=O) groups excluding carboxylic acids is 1. The second-order valence-corrected chi connectivity index (χ2v) is 7.67. The van der Waals surface area contributed by atoms with Crippen LogP contribution < -0.4 is 10.0 Å². The number of rotatable bonds is 6. The Hall–Kier alpha value is -2.05. The first-order valence-electron chi connectivity index (χ1n) is 7.36. The molecule has 5 nitrogen and oxygen atoms in total. The molecule has 0 saturated carbocycles. The molecule has 0 heterocycles. The van der Waals surface area contributed by atoms with Crippen LogP contribution in [0, 0.1) is 6.92 Å². The molecule has 2 N–H and O–H groups in total. The van der Waals surface area contributed by atoms with E-state index < -0.39 is 10.0 Å². The molecule has 0 unspecified atom stereocenters. The number of hydrogen-bond acceptors (Lipinski definition) is 3. The van der Waals surface area contributed by atoms with Crippen LogP contribution in [0.3, 0.4) is 0 Å². The first kappa shape index (κ1) is 18.3. The minimum absolute atomic E-state index is 0.237. The molecule has 0 aliphatic rings. The predicted octanol–water partition coefficient (Wildman–Crippen LogP) is 2.99. The van der Waals surface area contributed by atoms with E-state index in [1.54, 1.807) is 25.1 Å². The zero-order valence-corrected chi connectivity index (χ0v) is 15.0. The van der Waals surface area contributed by atoms with Gasteiger partial charge in [-0.05, 0) is 48.7 Å². The van der Waals surface area contributed by atoms with Crippen LogP contribution in [0.4, 0.5) is 5.69 Å². The molecule has 2 rings (SSSR count). The summed E-state index contributed by atoms with van der Waals surface area (Å²) in [6, 6.07) is 12.4. The third-order valence-corrected chi connectivity index (χ3v) is 4.33. The predicted molar refractivity (Wildman–Crippen MR) is 97.1 cm³/mol. The van der Waals surface area contributed by atoms with Gasteiger partial charge in [0, 0.05) is 17.1 Å². The fourth-order valence-corrected chi connectivity index (χ4v) is 3.01. The molecule has 0 fully saturated rings. The van der Waals surface area contributed by atoms with Crippen molar-refractivity contribution in [3.63, 3.8) is 0 Å². The largest absolute Gasteiger partial charge is 0.352 e. The molecule has 0 saturated heterocycles. The highest BCUT2D eigenvalue weighted by Gasteiger charge is 2.13. The molecule has 2 aromatic carbocycles. The van der Waals surface area contributed by atoms with Gasteiger partial charge in [0.25, 0.3) is 5.91 Å². The summed E-state index contributed by atoms with van der Waals surface area (Å²) in [7, 11) is -3.39. The number of nitrogens with one attached hydrogen (secondary N) is 2. The van der Waals surface area contributed by atoms with Gasteiger partial charge in [0.1, 0.15) is 0 Å². The molecule has 24 heavy (non-hydrogen) atoms. The standard InChI is InChI=1S/C17H19ClN2O3S/c1-12-15(4-3-5-16(12)20-24(2,22)23)17(21)19-11-10-13-6-8-14(18)9-7-13/h3-9,20H,10-11H2,1-2H3,(H,19,21). The van der Waals surface area contributed by atoms with Gasteiger partial charge in [0.05, 0.1) is 11.9 Å². The fraction of sp³-hybridized carbons (Fsp3) is 0.235. The van der Waals surface area contributed by atoms with Crippen molar-refractivity contribution >= 4 is 33.2 Å². The van der Waals surface area contributed by atoms with Crippen LogP contribution in [-0.2, 0) is 16.4 Å². The molecular weight excluding hydrogens is 348 g/mol. The van der Waals surface area contributed by atoms with Gasteiger partial charge in [0.15, 0.2) is 0 Å². The molecule has 128 valence electrons. The van der Waals surface area contributed by atoms with E-state index in [9.17, 15) is 13.2 Å². The highest BCUT2D eigenvalue weighted by atomic mass is 35.5. The van der Waals surface area contributed by atoms with Crippen LogP contribution in [0.5, 0.6) is 0 Å². The van der Waals surface area contributed by atoms with Gasteiger partial charge in [-0.25, -0.2) is 8.42 Å². The highest BCUT2D eigenvalue weighted by molar-refractivity contribution is 7.92. The Balaban J connectivity index is 2.02. The molecule has 0 radical (unpaired) electrons. The Morgan fingerprint density at radius 3 is 2.42 bits per heavy atom. The summed E-state index contributed by atoms with van der Waals surface area (Å²) in [5, 5.41) is 3.52. The van der Waals surface area contributed by atoms with Crippen molar-refractivity contribution in [2.24, 2.45) is 0 Å². The molecular formula is C17H19ClN2O3S. The molecule has 0 spiro atoms. The minimum Gasteiger partial charge on any atom is -0.352 e. The van der Waals surface area contributed by atoms with E-state index in [4.69, 9.17) is 11.6 Å². The number of amides is 1. The fourth-order valence-electron chi connectivity index (χ4n) is 2.26. The third-order valence-electron chi connectivity index (χ3n) is 3.49. The van der Waals surface area contributed by atoms with E-state index in [1.807, 2.05) is 24.3 Å². The molecule has 0 aliphatic carbocycles. The third kappa shape index (κ3) is 5.25. The average Bonchev–Trinajstić information content (AvgIpc) is 2.50. The van der Waals surface area contributed by atoms with Crippen molar-refractivity contribution in [2.75, 3.05) is 17.5 Å². The van der Waals surface area contributed by atoms with Gasteiger partial charge in [-0.1, -0.05) is 29.8 Å². The van der Waals surface area contributed by atoms with Gasteiger partial charge >= 0.3 is 0 Å². The second-order valence-electron chi connectivity index (χ2n) is 5.48. The summed E-state index contributed by atoms with van der Waals surface area (Å²) in [4.78, 5) is 12.3. The van der Waals surface area contributed by atoms with Gasteiger partial charge in [-0.15, -0.1) is 0 Å². The lowest BCUT2D eigenvalue weighted by molar-refractivity contribution is 0.0953. The second kappa shape index (κ2) is 7.68. The van der Waals surface area contributed by atoms with Crippen LogP contribution in [0.1, 0.15) is 21.5 Å². The van der Waals surface area contributed by atoms with E-state index in [-0.39, 0.29) is 5.91 Å². The number of benzene rings is 2. The molecule has 1 amide bonds. The van der Waals surface area contributed by atoms with Crippen molar-refractivity contribution in [3.8, 4) is 0 Å². The number of halogens is 1. The number of hydrogen-bond donors (Lipinski definition) is 2. The van der Waals surface area contributed by atoms with E-state index in [0.717, 1.165) is 11.8 Å². The maximum atomic E-state index is 12.3. The Morgan fingerprint density at radius 1 is 1.12 bits per heavy atom. The maximum Gasteiger partial charge on any atom is 0.251 e. The number of carbonyl (C=O) groups is 1. The Morgan fingerprint density at radius 2 is 1.79 bits per heavy atom. The lowest BCUT2D eigenvalue weighted by atomic mass is 10.1. The van der Waals surface area contributed by atoms with E-state index in [0.29, 0.717) is 34.8 Å². The summed E-state index contributed by atoms with van der Waals surface area (Å²) < 4.78 is 25.1. The molecule has 0 bridgehead atoms. The number of sulfonamides is 1. The normalized spacial score (nSPS) is 11.1. The minimum atomic E-state index is -3.39. The van der Waals surface area contributed by atoms with Gasteiger partial charge in [-0.2, -0.15) is 0 Å². The first-order chi connectivity index (χ1) is 11.3. The quantitative estimate of drug-likeness (QED) is 0.825. The summed E-state index contributed by atoms with van der Waals surface area (Å²) in [5.41, 5.74) is 2.51. The van der Waals surface area contributed by atoms with Crippen molar-refractivity contribution in [3.05, 3.63) is 64.2 Å². The van der Waals surface area contributed by atoms with Gasteiger partial charge < -0.3 is 5.32 Å². The first-order valence-corrected chi connectivity index (χ1v) is 9.63. The van der Waals surface area contributed by atoms with Crippen LogP contribution in [0.2, 0.25) is 5.02 Å². The van der Waals surface area contributed by atoms with Crippen LogP contribution >= 0.6 is 11.6 Å². The number of anilines is 1. The summed E-state index contributed by atoms with van der Waals surface area (Å²) in [5.74, 6) is -0.237. The average molecular weight is 367 g/mol. The molecule has 0 aromatic heterocycles. The van der Waals surface area contributed by atoms with Gasteiger partial charge in [-0.3, -0.25) is 9.52 Å². The van der Waals surface area contributed by atoms with Gasteiger partial charge in [0.2, 0.25) is 10.0 Å². The Bertz CT molecular complexity index is 833. The summed E-state index contributed by atoms with van der Waals surface area (Å²) >= 11 is 5.84. The van der Waals surface area contributed by atoms with Crippen molar-refractivity contribution in [2.45, 2.75) is 13.3 Å². The zero-order chi connectivity index (χ0) is 17.7. The smallest absolute Gasteiger partial charge is 0.251 e. The lowest BCUT2D eigenvalue weighted by Gasteiger charge is -2.12. The highest BCUT2D eigenvalue weighted by Crippen LogP contribution is 2.20. The Kier molecular flexibility index (Phi) is 5.85. The van der Waals surface area contributed by atoms with E-state index >= 15 is 0 Å². The van der Waals surface area contributed by atoms with Crippen LogP contribution in [0.25, 0.3) is 0 Å². The van der Waals surface area contributed by atoms with E-state index in [1.165, 1.54) is 0 Å². The summed E-state index contributed by atoms with van der Waals surface area (Å²) in [6.45, 7) is 2.19. The molecule has 0 aliphatic heterocycles. The summed E-state index contributed by atoms with van der Waals surface area (Å²) in [6.07, 6.45) is 1.76. The van der Waals surface area contributed by atoms with Crippen molar-refractivity contribution in [1.29, 1.82) is 0 Å². The molecule has 0 atom stereocenters. The van der Waals surface area contributed by atoms with Crippen LogP contribution in [-0.4, -0.2) is 27.1 Å². The SMILES string of the molecule is Cc1c(NS(C)(=O)=O)cccc1C(=O)NCCc1ccc(Cl)cc1.